The van der Waals surface area contributed by atoms with E-state index >= 15 is 0 Å². The molecule has 0 unspecified atom stereocenters. The summed E-state index contributed by atoms with van der Waals surface area (Å²) in [7, 11) is 0. The number of fused-ring (bicyclic) bond motifs is 1. The summed E-state index contributed by atoms with van der Waals surface area (Å²) >= 11 is 0. The van der Waals surface area contributed by atoms with Crippen LogP contribution in [-0.2, 0) is 24.3 Å². The Morgan fingerprint density at radius 1 is 0.857 bits per heavy atom. The predicted molar refractivity (Wildman–Crippen MR) is 132 cm³/mol. The Balaban J connectivity index is 1.53. The van der Waals surface area contributed by atoms with Crippen molar-refractivity contribution in [2.75, 3.05) is 19.9 Å². The summed E-state index contributed by atoms with van der Waals surface area (Å²) in [6.07, 6.45) is 1.66. The maximum absolute atomic E-state index is 13.5. The number of carbonyl (C=O) groups excluding carboxylic acids is 2. The lowest BCUT2D eigenvalue weighted by Gasteiger charge is -2.27. The molecule has 0 saturated carbocycles. The van der Waals surface area contributed by atoms with E-state index in [4.69, 9.17) is 13.9 Å². The first kappa shape index (κ1) is 24.4. The summed E-state index contributed by atoms with van der Waals surface area (Å²) in [6, 6.07) is 17.0. The van der Waals surface area contributed by atoms with Crippen LogP contribution in [0.3, 0.4) is 0 Å². The number of amides is 2. The van der Waals surface area contributed by atoms with Crippen molar-refractivity contribution in [3.8, 4) is 11.5 Å². The summed E-state index contributed by atoms with van der Waals surface area (Å²) in [5, 5.41) is 0. The lowest BCUT2D eigenvalue weighted by atomic mass is 10.1. The topological polar surface area (TPSA) is 72.2 Å². The van der Waals surface area contributed by atoms with Crippen molar-refractivity contribution in [2.24, 2.45) is 0 Å². The minimum absolute atomic E-state index is 0.00749. The SMILES string of the molecule is CCCN(CC(=O)N(Cc1ccc2c(c1)OCO2)Cc1ccc(C)o1)C(=O)c1ccc(CC)cc1. The molecule has 0 radical (unpaired) electrons. The van der Waals surface area contributed by atoms with Crippen LogP contribution in [0, 0.1) is 6.92 Å². The molecule has 7 heteroatoms. The molecule has 3 aromatic rings. The maximum atomic E-state index is 13.5. The van der Waals surface area contributed by atoms with Crippen LogP contribution in [0.4, 0.5) is 0 Å². The molecule has 1 aliphatic heterocycles. The van der Waals surface area contributed by atoms with Crippen molar-refractivity contribution in [2.45, 2.75) is 46.7 Å². The lowest BCUT2D eigenvalue weighted by molar-refractivity contribution is -0.133. The number of rotatable bonds is 10. The Labute approximate surface area is 206 Å². The third-order valence-corrected chi connectivity index (χ3v) is 6.02. The molecule has 184 valence electrons. The number of aryl methyl sites for hydroxylation is 2. The smallest absolute Gasteiger partial charge is 0.254 e. The standard InChI is InChI=1S/C28H32N2O5/c1-4-14-29(28(32)23-10-7-21(5-2)8-11-23)18-27(31)30(17-24-12-6-20(3)35-24)16-22-9-13-25-26(15-22)34-19-33-25/h6-13,15H,4-5,14,16-19H2,1-3H3. The van der Waals surface area contributed by atoms with E-state index in [1.807, 2.05) is 68.4 Å². The summed E-state index contributed by atoms with van der Waals surface area (Å²) in [4.78, 5) is 30.1. The molecular formula is C28H32N2O5. The third-order valence-electron chi connectivity index (χ3n) is 6.02. The molecule has 0 bridgehead atoms. The van der Waals surface area contributed by atoms with E-state index in [0.717, 1.165) is 24.2 Å². The van der Waals surface area contributed by atoms with Crippen LogP contribution in [-0.4, -0.2) is 41.5 Å². The van der Waals surface area contributed by atoms with E-state index in [1.54, 1.807) is 9.80 Å². The van der Waals surface area contributed by atoms with Gasteiger partial charge in [0, 0.05) is 18.7 Å². The Bertz CT molecular complexity index is 1170. The number of carbonyl (C=O) groups is 2. The van der Waals surface area contributed by atoms with Crippen molar-refractivity contribution in [1.82, 2.24) is 9.80 Å². The van der Waals surface area contributed by atoms with Crippen molar-refractivity contribution < 1.29 is 23.5 Å². The van der Waals surface area contributed by atoms with Gasteiger partial charge < -0.3 is 23.7 Å². The average Bonchev–Trinajstić information content (AvgIpc) is 3.51. The van der Waals surface area contributed by atoms with Crippen molar-refractivity contribution in [3.63, 3.8) is 0 Å². The van der Waals surface area contributed by atoms with Crippen LogP contribution in [0.2, 0.25) is 0 Å². The summed E-state index contributed by atoms with van der Waals surface area (Å²) in [5.74, 6) is 2.56. The van der Waals surface area contributed by atoms with Crippen molar-refractivity contribution in [3.05, 3.63) is 82.8 Å². The molecule has 1 aliphatic rings. The predicted octanol–water partition coefficient (Wildman–Crippen LogP) is 4.96. The molecule has 0 spiro atoms. The molecule has 0 atom stereocenters. The van der Waals surface area contributed by atoms with Crippen molar-refractivity contribution >= 4 is 11.8 Å². The van der Waals surface area contributed by atoms with E-state index in [-0.39, 0.29) is 25.2 Å². The molecule has 4 rings (SSSR count). The fraction of sp³-hybridized carbons (Fsp3) is 0.357. The molecule has 2 aromatic carbocycles. The number of furan rings is 1. The highest BCUT2D eigenvalue weighted by Crippen LogP contribution is 2.33. The van der Waals surface area contributed by atoms with Crippen LogP contribution in [0.15, 0.2) is 59.0 Å². The van der Waals surface area contributed by atoms with E-state index in [2.05, 4.69) is 6.92 Å². The Morgan fingerprint density at radius 3 is 2.29 bits per heavy atom. The van der Waals surface area contributed by atoms with E-state index in [1.165, 1.54) is 5.56 Å². The Kier molecular flexibility index (Phi) is 7.75. The second kappa shape index (κ2) is 11.1. The van der Waals surface area contributed by atoms with Crippen LogP contribution in [0.1, 0.15) is 53.3 Å². The van der Waals surface area contributed by atoms with Crippen LogP contribution in [0.25, 0.3) is 0 Å². The van der Waals surface area contributed by atoms with Gasteiger partial charge >= 0.3 is 0 Å². The molecule has 1 aromatic heterocycles. The highest BCUT2D eigenvalue weighted by Gasteiger charge is 2.24. The van der Waals surface area contributed by atoms with Gasteiger partial charge in [-0.1, -0.05) is 32.0 Å². The van der Waals surface area contributed by atoms with Crippen LogP contribution < -0.4 is 9.47 Å². The van der Waals surface area contributed by atoms with E-state index < -0.39 is 0 Å². The molecule has 35 heavy (non-hydrogen) atoms. The number of hydrogen-bond donors (Lipinski definition) is 0. The monoisotopic (exact) mass is 476 g/mol. The average molecular weight is 477 g/mol. The third kappa shape index (κ3) is 6.04. The van der Waals surface area contributed by atoms with Gasteiger partial charge in [-0.3, -0.25) is 9.59 Å². The summed E-state index contributed by atoms with van der Waals surface area (Å²) < 4.78 is 16.7. The molecule has 2 amide bonds. The Hall–Kier alpha value is -3.74. The van der Waals surface area contributed by atoms with Gasteiger partial charge in [-0.05, 0) is 67.3 Å². The fourth-order valence-electron chi connectivity index (χ4n) is 4.10. The number of benzene rings is 2. The normalized spacial score (nSPS) is 12.0. The number of ether oxygens (including phenoxy) is 2. The first-order chi connectivity index (χ1) is 17.0. The van der Waals surface area contributed by atoms with Crippen LogP contribution in [0.5, 0.6) is 11.5 Å². The molecule has 0 saturated heterocycles. The van der Waals surface area contributed by atoms with Crippen molar-refractivity contribution in [1.29, 1.82) is 0 Å². The molecule has 7 nitrogen and oxygen atoms in total. The van der Waals surface area contributed by atoms with Gasteiger partial charge in [-0.2, -0.15) is 0 Å². The largest absolute Gasteiger partial charge is 0.464 e. The van der Waals surface area contributed by atoms with Gasteiger partial charge in [0.2, 0.25) is 12.7 Å². The lowest BCUT2D eigenvalue weighted by Crippen LogP contribution is -2.42. The molecule has 0 N–H and O–H groups in total. The fourth-order valence-corrected chi connectivity index (χ4v) is 4.10. The number of hydrogen-bond acceptors (Lipinski definition) is 5. The highest BCUT2D eigenvalue weighted by molar-refractivity contribution is 5.96. The minimum Gasteiger partial charge on any atom is -0.464 e. The van der Waals surface area contributed by atoms with Crippen LogP contribution >= 0.6 is 0 Å². The quantitative estimate of drug-likeness (QED) is 0.414. The summed E-state index contributed by atoms with van der Waals surface area (Å²) in [6.45, 7) is 7.30. The molecule has 0 aliphatic carbocycles. The number of nitrogens with zero attached hydrogens (tertiary/aromatic N) is 2. The van der Waals surface area contributed by atoms with Gasteiger partial charge in [-0.25, -0.2) is 0 Å². The maximum Gasteiger partial charge on any atom is 0.254 e. The van der Waals surface area contributed by atoms with Gasteiger partial charge in [0.05, 0.1) is 6.54 Å². The van der Waals surface area contributed by atoms with Gasteiger partial charge in [0.1, 0.15) is 18.1 Å². The molecule has 2 heterocycles. The van der Waals surface area contributed by atoms with Gasteiger partial charge in [0.25, 0.3) is 5.91 Å². The van der Waals surface area contributed by atoms with Gasteiger partial charge in [0.15, 0.2) is 11.5 Å². The first-order valence-electron chi connectivity index (χ1n) is 12.1. The van der Waals surface area contributed by atoms with Gasteiger partial charge in [-0.15, -0.1) is 0 Å². The zero-order valence-corrected chi connectivity index (χ0v) is 20.6. The zero-order chi connectivity index (χ0) is 24.8. The van der Waals surface area contributed by atoms with E-state index in [9.17, 15) is 9.59 Å². The zero-order valence-electron chi connectivity index (χ0n) is 20.6. The second-order valence-electron chi connectivity index (χ2n) is 8.73. The second-order valence-corrected chi connectivity index (χ2v) is 8.73. The Morgan fingerprint density at radius 2 is 1.60 bits per heavy atom. The van der Waals surface area contributed by atoms with E-state index in [0.29, 0.717) is 42.5 Å². The summed E-state index contributed by atoms with van der Waals surface area (Å²) in [5.41, 5.74) is 2.67. The molecular weight excluding hydrogens is 444 g/mol. The highest BCUT2D eigenvalue weighted by atomic mass is 16.7. The minimum atomic E-state index is -0.149. The first-order valence-corrected chi connectivity index (χ1v) is 12.1. The molecule has 0 fully saturated rings.